The number of nitrogens with one attached hydrogen (secondary N) is 1. The molecule has 2 unspecified atom stereocenters. The fraction of sp³-hybridized carbons (Fsp3) is 0.429. The lowest BCUT2D eigenvalue weighted by atomic mass is 10.1. The van der Waals surface area contributed by atoms with E-state index in [1.807, 2.05) is 18.2 Å². The van der Waals surface area contributed by atoms with E-state index >= 15 is 0 Å². The molecule has 0 spiro atoms. The number of rotatable bonds is 4. The van der Waals surface area contributed by atoms with E-state index in [-0.39, 0.29) is 0 Å². The molecular weight excluding hydrogens is 198 g/mol. The molecule has 0 amide bonds. The van der Waals surface area contributed by atoms with Crippen molar-refractivity contribution in [2.24, 2.45) is 0 Å². The molecule has 0 fully saturated rings. The molecule has 2 atom stereocenters. The van der Waals surface area contributed by atoms with Gasteiger partial charge in [-0.05, 0) is 49.4 Å². The maximum absolute atomic E-state index is 9.42. The van der Waals surface area contributed by atoms with Crippen molar-refractivity contribution in [3.8, 4) is 5.75 Å². The molecule has 1 aromatic carbocycles. The minimum atomic E-state index is 0.374. The van der Waals surface area contributed by atoms with Gasteiger partial charge < -0.3 is 10.4 Å². The Morgan fingerprint density at radius 2 is 2.44 bits per heavy atom. The largest absolute Gasteiger partial charge is 0.508 e. The molecule has 1 aliphatic carbocycles. The second-order valence-electron chi connectivity index (χ2n) is 4.57. The lowest BCUT2D eigenvalue weighted by molar-refractivity contribution is 0.455. The highest BCUT2D eigenvalue weighted by atomic mass is 16.3. The number of hydrogen-bond donors (Lipinski definition) is 2. The van der Waals surface area contributed by atoms with Crippen molar-refractivity contribution in [3.05, 3.63) is 42.0 Å². The van der Waals surface area contributed by atoms with Crippen molar-refractivity contribution in [2.45, 2.75) is 38.3 Å². The number of aromatic hydroxyl groups is 1. The summed E-state index contributed by atoms with van der Waals surface area (Å²) in [4.78, 5) is 0. The maximum atomic E-state index is 9.42. The number of benzene rings is 1. The third kappa shape index (κ3) is 2.27. The maximum Gasteiger partial charge on any atom is 0.115 e. The van der Waals surface area contributed by atoms with Gasteiger partial charge in [-0.25, -0.2) is 0 Å². The van der Waals surface area contributed by atoms with Crippen molar-refractivity contribution >= 4 is 0 Å². The molecule has 2 N–H and O–H groups in total. The van der Waals surface area contributed by atoms with E-state index in [0.29, 0.717) is 17.8 Å². The zero-order valence-electron chi connectivity index (χ0n) is 9.74. The van der Waals surface area contributed by atoms with Gasteiger partial charge >= 0.3 is 0 Å². The van der Waals surface area contributed by atoms with Crippen LogP contribution in [-0.2, 0) is 6.42 Å². The van der Waals surface area contributed by atoms with E-state index in [1.54, 1.807) is 6.07 Å². The van der Waals surface area contributed by atoms with Gasteiger partial charge in [-0.2, -0.15) is 0 Å². The van der Waals surface area contributed by atoms with Crippen LogP contribution in [0.5, 0.6) is 5.75 Å². The Bertz CT molecular complexity index is 386. The van der Waals surface area contributed by atoms with Crippen molar-refractivity contribution in [1.82, 2.24) is 5.32 Å². The Balaban J connectivity index is 2.08. The van der Waals surface area contributed by atoms with Crippen molar-refractivity contribution in [3.63, 3.8) is 0 Å². The fourth-order valence-electron chi connectivity index (χ4n) is 2.44. The Morgan fingerprint density at radius 3 is 3.19 bits per heavy atom. The summed E-state index contributed by atoms with van der Waals surface area (Å²) >= 11 is 0. The van der Waals surface area contributed by atoms with Crippen LogP contribution in [0.2, 0.25) is 0 Å². The summed E-state index contributed by atoms with van der Waals surface area (Å²) in [6, 6.07) is 6.59. The molecule has 0 aliphatic heterocycles. The van der Waals surface area contributed by atoms with Gasteiger partial charge in [-0.1, -0.05) is 12.1 Å². The van der Waals surface area contributed by atoms with E-state index in [1.165, 1.54) is 11.1 Å². The zero-order chi connectivity index (χ0) is 11.5. The molecule has 1 aromatic rings. The first-order chi connectivity index (χ1) is 7.70. The predicted octanol–water partition coefficient (Wildman–Crippen LogP) is 2.93. The summed E-state index contributed by atoms with van der Waals surface area (Å²) in [5.74, 6) is 0.374. The van der Waals surface area contributed by atoms with Gasteiger partial charge in [0.05, 0.1) is 0 Å². The molecule has 2 nitrogen and oxygen atoms in total. The number of aryl methyl sites for hydroxylation is 1. The minimum absolute atomic E-state index is 0.374. The molecule has 86 valence electrons. The smallest absolute Gasteiger partial charge is 0.115 e. The topological polar surface area (TPSA) is 32.3 Å². The van der Waals surface area contributed by atoms with Gasteiger partial charge in [0.2, 0.25) is 0 Å². The Morgan fingerprint density at radius 1 is 1.62 bits per heavy atom. The van der Waals surface area contributed by atoms with Crippen LogP contribution in [0.1, 0.15) is 36.9 Å². The SMILES string of the molecule is C=CCC(C)NC1CCc2cc(O)ccc21. The van der Waals surface area contributed by atoms with Crippen LogP contribution in [0.15, 0.2) is 30.9 Å². The first-order valence-electron chi connectivity index (χ1n) is 5.89. The number of fused-ring (bicyclic) bond motifs is 1. The average molecular weight is 217 g/mol. The first-order valence-corrected chi connectivity index (χ1v) is 5.89. The van der Waals surface area contributed by atoms with Crippen molar-refractivity contribution < 1.29 is 5.11 Å². The highest BCUT2D eigenvalue weighted by Gasteiger charge is 2.23. The van der Waals surface area contributed by atoms with Crippen LogP contribution < -0.4 is 5.32 Å². The molecule has 0 saturated heterocycles. The van der Waals surface area contributed by atoms with Crippen LogP contribution in [0.3, 0.4) is 0 Å². The first kappa shape index (κ1) is 11.2. The summed E-state index contributed by atoms with van der Waals surface area (Å²) in [5.41, 5.74) is 2.62. The van der Waals surface area contributed by atoms with Crippen LogP contribution >= 0.6 is 0 Å². The molecular formula is C14H19NO. The quantitative estimate of drug-likeness (QED) is 0.760. The lowest BCUT2D eigenvalue weighted by Crippen LogP contribution is -2.28. The lowest BCUT2D eigenvalue weighted by Gasteiger charge is -2.19. The second-order valence-corrected chi connectivity index (χ2v) is 4.57. The van der Waals surface area contributed by atoms with Gasteiger partial charge in [0.15, 0.2) is 0 Å². The number of hydrogen-bond acceptors (Lipinski definition) is 2. The predicted molar refractivity (Wildman–Crippen MR) is 66.6 cm³/mol. The van der Waals surface area contributed by atoms with Gasteiger partial charge in [0.25, 0.3) is 0 Å². The normalized spacial score (nSPS) is 20.4. The minimum Gasteiger partial charge on any atom is -0.508 e. The molecule has 0 bridgehead atoms. The number of phenols is 1. The molecule has 0 heterocycles. The highest BCUT2D eigenvalue weighted by Crippen LogP contribution is 2.33. The average Bonchev–Trinajstić information content (AvgIpc) is 2.61. The Hall–Kier alpha value is -1.28. The van der Waals surface area contributed by atoms with Gasteiger partial charge in [0.1, 0.15) is 5.75 Å². The summed E-state index contributed by atoms with van der Waals surface area (Å²) < 4.78 is 0. The second kappa shape index (κ2) is 4.71. The van der Waals surface area contributed by atoms with Crippen LogP contribution in [0.25, 0.3) is 0 Å². The third-order valence-electron chi connectivity index (χ3n) is 3.21. The molecule has 2 heteroatoms. The van der Waals surface area contributed by atoms with Crippen LogP contribution in [0.4, 0.5) is 0 Å². The summed E-state index contributed by atoms with van der Waals surface area (Å²) in [6.45, 7) is 5.94. The molecule has 0 aromatic heterocycles. The van der Waals surface area contributed by atoms with E-state index in [2.05, 4.69) is 18.8 Å². The molecule has 0 saturated carbocycles. The summed E-state index contributed by atoms with van der Waals surface area (Å²) in [7, 11) is 0. The fourth-order valence-corrected chi connectivity index (χ4v) is 2.44. The van der Waals surface area contributed by atoms with Crippen molar-refractivity contribution in [2.75, 3.05) is 0 Å². The van der Waals surface area contributed by atoms with Crippen molar-refractivity contribution in [1.29, 1.82) is 0 Å². The van der Waals surface area contributed by atoms with Crippen LogP contribution in [0, 0.1) is 0 Å². The van der Waals surface area contributed by atoms with E-state index in [4.69, 9.17) is 0 Å². The molecule has 16 heavy (non-hydrogen) atoms. The summed E-state index contributed by atoms with van der Waals surface area (Å²) in [6.07, 6.45) is 5.12. The Labute approximate surface area is 97.0 Å². The van der Waals surface area contributed by atoms with Gasteiger partial charge in [0, 0.05) is 12.1 Å². The van der Waals surface area contributed by atoms with E-state index in [9.17, 15) is 5.11 Å². The standard InChI is InChI=1S/C14H19NO/c1-3-4-10(2)15-14-8-5-11-9-12(16)6-7-13(11)14/h3,6-7,9-10,14-16H,1,4-5,8H2,2H3. The monoisotopic (exact) mass is 217 g/mol. The molecule has 1 aliphatic rings. The third-order valence-corrected chi connectivity index (χ3v) is 3.21. The Kier molecular flexibility index (Phi) is 3.30. The molecule has 0 radical (unpaired) electrons. The van der Waals surface area contributed by atoms with E-state index in [0.717, 1.165) is 19.3 Å². The highest BCUT2D eigenvalue weighted by molar-refractivity contribution is 5.40. The van der Waals surface area contributed by atoms with Gasteiger partial charge in [-0.15, -0.1) is 6.58 Å². The molecule has 2 rings (SSSR count). The number of phenolic OH excluding ortho intramolecular Hbond substituents is 1. The van der Waals surface area contributed by atoms with E-state index < -0.39 is 0 Å². The summed E-state index contributed by atoms with van der Waals surface area (Å²) in [5, 5.41) is 13.0. The zero-order valence-corrected chi connectivity index (χ0v) is 9.74. The van der Waals surface area contributed by atoms with Gasteiger partial charge in [-0.3, -0.25) is 0 Å². The van der Waals surface area contributed by atoms with Crippen LogP contribution in [-0.4, -0.2) is 11.1 Å².